The molecule has 0 spiro atoms. The molecule has 108 valence electrons. The lowest BCUT2D eigenvalue weighted by Crippen LogP contribution is -2.09. The summed E-state index contributed by atoms with van der Waals surface area (Å²) in [6, 6.07) is 4.57. The van der Waals surface area contributed by atoms with Gasteiger partial charge in [-0.05, 0) is 19.1 Å². The number of ether oxygens (including phenoxy) is 2. The first-order chi connectivity index (χ1) is 9.60. The van der Waals surface area contributed by atoms with E-state index in [1.807, 2.05) is 6.92 Å². The average Bonchev–Trinajstić information content (AvgIpc) is 2.94. The molecule has 0 saturated carbocycles. The Balaban J connectivity index is 2.23. The largest absolute Gasteiger partial charge is 0.497 e. The number of nitrogens with one attached hydrogen (secondary N) is 1. The van der Waals surface area contributed by atoms with Crippen LogP contribution in [0.1, 0.15) is 17.8 Å². The highest BCUT2D eigenvalue weighted by Crippen LogP contribution is 2.33. The first kappa shape index (κ1) is 14.5. The molecule has 0 amide bonds. The summed E-state index contributed by atoms with van der Waals surface area (Å²) in [4.78, 5) is 4.99. The van der Waals surface area contributed by atoms with Gasteiger partial charge in [0.15, 0.2) is 0 Å². The van der Waals surface area contributed by atoms with E-state index in [9.17, 15) is 8.78 Å². The molecule has 1 aromatic carbocycles. The lowest BCUT2D eigenvalue weighted by atomic mass is 10.2. The molecule has 7 heteroatoms. The zero-order chi connectivity index (χ0) is 14.5. The highest BCUT2D eigenvalue weighted by Gasteiger charge is 2.14. The Bertz CT molecular complexity index is 549. The van der Waals surface area contributed by atoms with Crippen LogP contribution in [0, 0.1) is 0 Å². The van der Waals surface area contributed by atoms with E-state index in [2.05, 4.69) is 15.0 Å². The molecule has 0 aliphatic heterocycles. The quantitative estimate of drug-likeness (QED) is 0.878. The van der Waals surface area contributed by atoms with Crippen molar-refractivity contribution in [2.24, 2.45) is 0 Å². The van der Waals surface area contributed by atoms with Crippen molar-refractivity contribution in [3.8, 4) is 11.5 Å². The summed E-state index contributed by atoms with van der Waals surface area (Å²) in [5, 5.41) is 3.13. The van der Waals surface area contributed by atoms with Gasteiger partial charge in [-0.25, -0.2) is 0 Å². The van der Waals surface area contributed by atoms with E-state index in [1.165, 1.54) is 24.5 Å². The maximum atomic E-state index is 12.4. The van der Waals surface area contributed by atoms with E-state index in [4.69, 9.17) is 4.74 Å². The van der Waals surface area contributed by atoms with Gasteiger partial charge in [-0.15, -0.1) is 11.3 Å². The van der Waals surface area contributed by atoms with E-state index in [1.54, 1.807) is 23.8 Å². The zero-order valence-electron chi connectivity index (χ0n) is 11.0. The van der Waals surface area contributed by atoms with Gasteiger partial charge in [0.05, 0.1) is 24.3 Å². The molecule has 0 radical (unpaired) electrons. The van der Waals surface area contributed by atoms with Gasteiger partial charge < -0.3 is 14.8 Å². The third-order valence-corrected chi connectivity index (χ3v) is 3.61. The van der Waals surface area contributed by atoms with Crippen molar-refractivity contribution in [2.45, 2.75) is 19.6 Å². The fraction of sp³-hybridized carbons (Fsp3) is 0.308. The van der Waals surface area contributed by atoms with Gasteiger partial charge in [0, 0.05) is 17.1 Å². The molecule has 2 aromatic rings. The number of anilines is 1. The number of aromatic nitrogens is 1. The van der Waals surface area contributed by atoms with Crippen molar-refractivity contribution >= 4 is 17.0 Å². The van der Waals surface area contributed by atoms with Crippen LogP contribution in [0.5, 0.6) is 11.5 Å². The Morgan fingerprint density at radius 3 is 2.75 bits per heavy atom. The molecule has 0 fully saturated rings. The normalized spacial score (nSPS) is 12.2. The standard InChI is InChI=1S/C13H14F2N2O2S/c1-8(12-6-16-7-20-12)17-10-5-9(18-2)3-4-11(10)19-13(14)15/h3-8,13,17H,1-2H3. The first-order valence-electron chi connectivity index (χ1n) is 5.88. The minimum Gasteiger partial charge on any atom is -0.497 e. The fourth-order valence-corrected chi connectivity index (χ4v) is 2.32. The minimum atomic E-state index is -2.87. The van der Waals surface area contributed by atoms with Crippen LogP contribution >= 0.6 is 11.3 Å². The Morgan fingerprint density at radius 2 is 2.15 bits per heavy atom. The van der Waals surface area contributed by atoms with Crippen LogP contribution in [0.2, 0.25) is 0 Å². The van der Waals surface area contributed by atoms with Crippen molar-refractivity contribution in [1.82, 2.24) is 4.98 Å². The predicted molar refractivity (Wildman–Crippen MR) is 73.8 cm³/mol. The van der Waals surface area contributed by atoms with Crippen LogP contribution in [0.3, 0.4) is 0 Å². The number of benzene rings is 1. The first-order valence-corrected chi connectivity index (χ1v) is 6.76. The fourth-order valence-electron chi connectivity index (χ4n) is 1.69. The monoisotopic (exact) mass is 300 g/mol. The Morgan fingerprint density at radius 1 is 1.35 bits per heavy atom. The van der Waals surface area contributed by atoms with Crippen LogP contribution in [-0.2, 0) is 0 Å². The second-order valence-corrected chi connectivity index (χ2v) is 4.93. The molecule has 1 heterocycles. The van der Waals surface area contributed by atoms with Gasteiger partial charge >= 0.3 is 6.61 Å². The van der Waals surface area contributed by atoms with Gasteiger partial charge in [0.25, 0.3) is 0 Å². The summed E-state index contributed by atoms with van der Waals surface area (Å²) < 4.78 is 34.4. The van der Waals surface area contributed by atoms with Crippen molar-refractivity contribution in [3.05, 3.63) is 34.8 Å². The SMILES string of the molecule is COc1ccc(OC(F)F)c(NC(C)c2cncs2)c1. The number of thiazole rings is 1. The molecule has 0 bridgehead atoms. The van der Waals surface area contributed by atoms with Gasteiger partial charge in [0.2, 0.25) is 0 Å². The highest BCUT2D eigenvalue weighted by molar-refractivity contribution is 7.09. The molecular weight excluding hydrogens is 286 g/mol. The predicted octanol–water partition coefficient (Wildman–Crippen LogP) is 3.93. The van der Waals surface area contributed by atoms with Crippen molar-refractivity contribution in [3.63, 3.8) is 0 Å². The van der Waals surface area contributed by atoms with Gasteiger partial charge in [-0.2, -0.15) is 8.78 Å². The van der Waals surface area contributed by atoms with Crippen molar-refractivity contribution in [2.75, 3.05) is 12.4 Å². The second-order valence-electron chi connectivity index (χ2n) is 4.01. The molecule has 1 atom stereocenters. The van der Waals surface area contributed by atoms with Gasteiger partial charge in [-0.3, -0.25) is 4.98 Å². The second kappa shape index (κ2) is 6.51. The summed E-state index contributed by atoms with van der Waals surface area (Å²) in [7, 11) is 1.51. The van der Waals surface area contributed by atoms with E-state index in [0.717, 1.165) is 4.88 Å². The smallest absolute Gasteiger partial charge is 0.387 e. The molecule has 4 nitrogen and oxygen atoms in total. The minimum absolute atomic E-state index is 0.0744. The van der Waals surface area contributed by atoms with E-state index in [-0.39, 0.29) is 11.8 Å². The van der Waals surface area contributed by atoms with Gasteiger partial charge in [-0.1, -0.05) is 0 Å². The van der Waals surface area contributed by atoms with Crippen molar-refractivity contribution in [1.29, 1.82) is 0 Å². The summed E-state index contributed by atoms with van der Waals surface area (Å²) in [6.07, 6.45) is 1.73. The molecule has 1 N–H and O–H groups in total. The third kappa shape index (κ3) is 3.57. The zero-order valence-corrected chi connectivity index (χ0v) is 11.8. The number of hydrogen-bond acceptors (Lipinski definition) is 5. The molecule has 1 unspecified atom stereocenters. The van der Waals surface area contributed by atoms with Gasteiger partial charge in [0.1, 0.15) is 11.5 Å². The van der Waals surface area contributed by atoms with E-state index < -0.39 is 6.61 Å². The van der Waals surface area contributed by atoms with Crippen molar-refractivity contribution < 1.29 is 18.3 Å². The van der Waals surface area contributed by atoms with Crippen LogP contribution in [0.25, 0.3) is 0 Å². The molecule has 1 aromatic heterocycles. The molecule has 20 heavy (non-hydrogen) atoms. The number of rotatable bonds is 6. The molecule has 0 aliphatic rings. The maximum absolute atomic E-state index is 12.4. The highest BCUT2D eigenvalue weighted by atomic mass is 32.1. The van der Waals surface area contributed by atoms with Crippen LogP contribution in [0.15, 0.2) is 29.9 Å². The van der Waals surface area contributed by atoms with Crippen LogP contribution in [0.4, 0.5) is 14.5 Å². The number of hydrogen-bond donors (Lipinski definition) is 1. The average molecular weight is 300 g/mol. The lowest BCUT2D eigenvalue weighted by molar-refractivity contribution is -0.0494. The molecule has 0 aliphatic carbocycles. The number of methoxy groups -OCH3 is 1. The van der Waals surface area contributed by atoms with E-state index >= 15 is 0 Å². The molecule has 0 saturated heterocycles. The van der Waals surface area contributed by atoms with E-state index in [0.29, 0.717) is 11.4 Å². The molecule has 2 rings (SSSR count). The Labute approximate surface area is 119 Å². The number of nitrogens with zero attached hydrogens (tertiary/aromatic N) is 1. The number of alkyl halides is 2. The van der Waals surface area contributed by atoms with Crippen LogP contribution < -0.4 is 14.8 Å². The summed E-state index contributed by atoms with van der Waals surface area (Å²) >= 11 is 1.49. The Hall–Kier alpha value is -1.89. The maximum Gasteiger partial charge on any atom is 0.387 e. The topological polar surface area (TPSA) is 43.4 Å². The number of halogens is 2. The summed E-state index contributed by atoms with van der Waals surface area (Å²) in [5.41, 5.74) is 2.17. The van der Waals surface area contributed by atoms with Crippen LogP contribution in [-0.4, -0.2) is 18.7 Å². The Kier molecular flexibility index (Phi) is 4.73. The summed E-state index contributed by atoms with van der Waals surface area (Å²) in [6.45, 7) is -0.957. The lowest BCUT2D eigenvalue weighted by Gasteiger charge is -2.17. The third-order valence-electron chi connectivity index (χ3n) is 2.65. The molecular formula is C13H14F2N2O2S. The summed E-state index contributed by atoms with van der Waals surface area (Å²) in [5.74, 6) is 0.641.